The van der Waals surface area contributed by atoms with Crippen LogP contribution in [0.4, 0.5) is 0 Å². The highest BCUT2D eigenvalue weighted by molar-refractivity contribution is 9.10. The second-order valence-electron chi connectivity index (χ2n) is 3.21. The third kappa shape index (κ3) is 2.25. The highest BCUT2D eigenvalue weighted by Crippen LogP contribution is 2.27. The first-order valence-electron chi connectivity index (χ1n) is 4.61. The molecule has 0 fully saturated rings. The van der Waals surface area contributed by atoms with Crippen LogP contribution in [0.2, 0.25) is 0 Å². The first-order chi connectivity index (χ1) is 7.29. The van der Waals surface area contributed by atoms with Crippen molar-refractivity contribution in [2.45, 2.75) is 6.10 Å². The molecule has 3 heteroatoms. The number of nitrogens with zero attached hydrogens (tertiary/aromatic N) is 1. The molecule has 0 saturated heterocycles. The molecule has 0 bridgehead atoms. The zero-order valence-electron chi connectivity index (χ0n) is 7.97. The van der Waals surface area contributed by atoms with Gasteiger partial charge in [0, 0.05) is 22.4 Å². The Kier molecular flexibility index (Phi) is 3.14. The third-order valence-electron chi connectivity index (χ3n) is 2.21. The van der Waals surface area contributed by atoms with Crippen molar-refractivity contribution in [2.75, 3.05) is 0 Å². The number of hydrogen-bond acceptors (Lipinski definition) is 2. The Labute approximate surface area is 96.7 Å². The van der Waals surface area contributed by atoms with Gasteiger partial charge in [-0.1, -0.05) is 46.3 Å². The van der Waals surface area contributed by atoms with Gasteiger partial charge in [-0.3, -0.25) is 4.98 Å². The van der Waals surface area contributed by atoms with Crippen LogP contribution in [0, 0.1) is 0 Å². The van der Waals surface area contributed by atoms with Crippen LogP contribution in [0.15, 0.2) is 53.3 Å². The van der Waals surface area contributed by atoms with Crippen LogP contribution in [-0.2, 0) is 0 Å². The first-order valence-corrected chi connectivity index (χ1v) is 5.41. The van der Waals surface area contributed by atoms with Crippen LogP contribution in [0.25, 0.3) is 0 Å². The Balaban J connectivity index is 2.37. The molecule has 2 rings (SSSR count). The van der Waals surface area contributed by atoms with Crippen molar-refractivity contribution in [3.8, 4) is 0 Å². The molecule has 2 nitrogen and oxygen atoms in total. The van der Waals surface area contributed by atoms with Crippen molar-refractivity contribution in [3.63, 3.8) is 0 Å². The summed E-state index contributed by atoms with van der Waals surface area (Å²) < 4.78 is 0.869. The quantitative estimate of drug-likeness (QED) is 0.904. The Morgan fingerprint density at radius 2 is 1.87 bits per heavy atom. The van der Waals surface area contributed by atoms with E-state index in [4.69, 9.17) is 0 Å². The number of aliphatic hydroxyl groups is 1. The van der Waals surface area contributed by atoms with Crippen LogP contribution < -0.4 is 0 Å². The lowest BCUT2D eigenvalue weighted by Gasteiger charge is -2.12. The number of pyridine rings is 1. The normalized spacial score (nSPS) is 12.4. The van der Waals surface area contributed by atoms with E-state index in [0.717, 1.165) is 15.6 Å². The van der Waals surface area contributed by atoms with E-state index in [1.54, 1.807) is 12.4 Å². The Hall–Kier alpha value is -1.19. The molecule has 1 aromatic carbocycles. The van der Waals surface area contributed by atoms with Gasteiger partial charge >= 0.3 is 0 Å². The van der Waals surface area contributed by atoms with Gasteiger partial charge in [0.2, 0.25) is 0 Å². The summed E-state index contributed by atoms with van der Waals surface area (Å²) >= 11 is 3.39. The van der Waals surface area contributed by atoms with Crippen LogP contribution in [0.1, 0.15) is 17.2 Å². The second kappa shape index (κ2) is 4.55. The molecular formula is C12H10BrNO. The predicted molar refractivity (Wildman–Crippen MR) is 62.4 cm³/mol. The molecule has 0 amide bonds. The third-order valence-corrected chi connectivity index (χ3v) is 2.93. The Morgan fingerprint density at radius 1 is 1.13 bits per heavy atom. The fraction of sp³-hybridized carbons (Fsp3) is 0.0833. The van der Waals surface area contributed by atoms with Gasteiger partial charge in [0.1, 0.15) is 6.10 Å². The average molecular weight is 264 g/mol. The molecule has 76 valence electrons. The highest BCUT2D eigenvalue weighted by atomic mass is 79.9. The van der Waals surface area contributed by atoms with E-state index in [-0.39, 0.29) is 0 Å². The number of hydrogen-bond donors (Lipinski definition) is 1. The molecule has 2 aromatic rings. The standard InChI is InChI=1S/C12H10BrNO/c13-11-6-7-14-8-10(11)12(15)9-4-2-1-3-5-9/h1-8,12,15H. The molecule has 0 saturated carbocycles. The molecular weight excluding hydrogens is 254 g/mol. The molecule has 1 aromatic heterocycles. The first kappa shape index (κ1) is 10.3. The Morgan fingerprint density at radius 3 is 2.53 bits per heavy atom. The number of benzene rings is 1. The van der Waals surface area contributed by atoms with Gasteiger partial charge in [-0.2, -0.15) is 0 Å². The van der Waals surface area contributed by atoms with Gasteiger partial charge in [0.15, 0.2) is 0 Å². The van der Waals surface area contributed by atoms with E-state index >= 15 is 0 Å². The molecule has 0 aliphatic rings. The molecule has 1 unspecified atom stereocenters. The van der Waals surface area contributed by atoms with Crippen molar-refractivity contribution < 1.29 is 5.11 Å². The number of aromatic nitrogens is 1. The maximum atomic E-state index is 10.1. The summed E-state index contributed by atoms with van der Waals surface area (Å²) in [6, 6.07) is 11.3. The fourth-order valence-electron chi connectivity index (χ4n) is 1.41. The van der Waals surface area contributed by atoms with Crippen molar-refractivity contribution in [1.82, 2.24) is 4.98 Å². The minimum absolute atomic E-state index is 0.630. The average Bonchev–Trinajstić information content (AvgIpc) is 2.30. The highest BCUT2D eigenvalue weighted by Gasteiger charge is 2.12. The van der Waals surface area contributed by atoms with Crippen molar-refractivity contribution >= 4 is 15.9 Å². The molecule has 0 aliphatic carbocycles. The largest absolute Gasteiger partial charge is 0.384 e. The maximum absolute atomic E-state index is 10.1. The van der Waals surface area contributed by atoms with Gasteiger partial charge in [-0.25, -0.2) is 0 Å². The molecule has 0 radical (unpaired) electrons. The number of aliphatic hydroxyl groups excluding tert-OH is 1. The molecule has 0 aliphatic heterocycles. The summed E-state index contributed by atoms with van der Waals surface area (Å²) in [6.07, 6.45) is 2.72. The van der Waals surface area contributed by atoms with Gasteiger partial charge < -0.3 is 5.11 Å². The monoisotopic (exact) mass is 263 g/mol. The molecule has 1 heterocycles. The van der Waals surface area contributed by atoms with Gasteiger partial charge in [0.25, 0.3) is 0 Å². The number of halogens is 1. The van der Waals surface area contributed by atoms with Gasteiger partial charge in [-0.15, -0.1) is 0 Å². The van der Waals surface area contributed by atoms with Crippen LogP contribution >= 0.6 is 15.9 Å². The summed E-state index contributed by atoms with van der Waals surface area (Å²) in [7, 11) is 0. The van der Waals surface area contributed by atoms with Crippen LogP contribution in [0.3, 0.4) is 0 Å². The summed E-state index contributed by atoms with van der Waals surface area (Å²) in [4.78, 5) is 4.00. The van der Waals surface area contributed by atoms with Crippen LogP contribution in [-0.4, -0.2) is 10.1 Å². The van der Waals surface area contributed by atoms with E-state index in [2.05, 4.69) is 20.9 Å². The van der Waals surface area contributed by atoms with Crippen molar-refractivity contribution in [2.24, 2.45) is 0 Å². The SMILES string of the molecule is OC(c1ccccc1)c1cnccc1Br. The van der Waals surface area contributed by atoms with Gasteiger partial charge in [-0.05, 0) is 11.6 Å². The lowest BCUT2D eigenvalue weighted by Crippen LogP contribution is -2.00. The lowest BCUT2D eigenvalue weighted by atomic mass is 10.0. The zero-order valence-corrected chi connectivity index (χ0v) is 9.55. The van der Waals surface area contributed by atoms with E-state index in [9.17, 15) is 5.11 Å². The smallest absolute Gasteiger partial charge is 0.107 e. The second-order valence-corrected chi connectivity index (χ2v) is 4.06. The summed E-state index contributed by atoms with van der Waals surface area (Å²) in [5.41, 5.74) is 1.65. The molecule has 1 atom stereocenters. The molecule has 1 N–H and O–H groups in total. The van der Waals surface area contributed by atoms with E-state index in [1.807, 2.05) is 36.4 Å². The maximum Gasteiger partial charge on any atom is 0.107 e. The zero-order chi connectivity index (χ0) is 10.7. The molecule has 0 spiro atoms. The number of rotatable bonds is 2. The van der Waals surface area contributed by atoms with E-state index in [1.165, 1.54) is 0 Å². The van der Waals surface area contributed by atoms with E-state index < -0.39 is 6.10 Å². The minimum atomic E-state index is -0.630. The summed E-state index contributed by atoms with van der Waals surface area (Å²) in [6.45, 7) is 0. The molecule has 15 heavy (non-hydrogen) atoms. The summed E-state index contributed by atoms with van der Waals surface area (Å²) in [5.74, 6) is 0. The fourth-order valence-corrected chi connectivity index (χ4v) is 1.84. The van der Waals surface area contributed by atoms with Crippen molar-refractivity contribution in [3.05, 3.63) is 64.4 Å². The lowest BCUT2D eigenvalue weighted by molar-refractivity contribution is 0.219. The van der Waals surface area contributed by atoms with Crippen molar-refractivity contribution in [1.29, 1.82) is 0 Å². The van der Waals surface area contributed by atoms with Crippen LogP contribution in [0.5, 0.6) is 0 Å². The summed E-state index contributed by atoms with van der Waals surface area (Å²) in [5, 5.41) is 10.1. The topological polar surface area (TPSA) is 33.1 Å². The van der Waals surface area contributed by atoms with Gasteiger partial charge in [0.05, 0.1) is 0 Å². The van der Waals surface area contributed by atoms with E-state index in [0.29, 0.717) is 0 Å². The predicted octanol–water partition coefficient (Wildman–Crippen LogP) is 2.93. The minimum Gasteiger partial charge on any atom is -0.384 e. The Bertz CT molecular complexity index is 444.